The molecule has 2 unspecified atom stereocenters. The highest BCUT2D eigenvalue weighted by Crippen LogP contribution is 2.14. The van der Waals surface area contributed by atoms with Gasteiger partial charge >= 0.3 is 0 Å². The van der Waals surface area contributed by atoms with Crippen molar-refractivity contribution in [2.75, 3.05) is 88.7 Å². The first-order chi connectivity index (χ1) is 24.6. The van der Waals surface area contributed by atoms with E-state index in [-0.39, 0.29) is 0 Å². The first-order valence-corrected chi connectivity index (χ1v) is 24.0. The van der Waals surface area contributed by atoms with Gasteiger partial charge in [-0.3, -0.25) is 4.90 Å². The van der Waals surface area contributed by atoms with E-state index in [0.29, 0.717) is 39.5 Å². The number of unbranched alkanes of at least 4 members (excludes halogenated alkanes) is 17. The molecule has 8 heteroatoms. The van der Waals surface area contributed by atoms with Crippen LogP contribution >= 0.6 is 23.5 Å². The van der Waals surface area contributed by atoms with Crippen LogP contribution in [-0.2, 0) is 9.47 Å². The van der Waals surface area contributed by atoms with Crippen LogP contribution < -0.4 is 0 Å². The van der Waals surface area contributed by atoms with Crippen molar-refractivity contribution in [2.24, 2.45) is 0 Å². The highest BCUT2D eigenvalue weighted by Gasteiger charge is 2.16. The van der Waals surface area contributed by atoms with E-state index < -0.39 is 12.2 Å². The third kappa shape index (κ3) is 38.2. The monoisotopic (exact) mass is 749 g/mol. The highest BCUT2D eigenvalue weighted by molar-refractivity contribution is 7.99. The minimum absolute atomic E-state index is 0.363. The molecule has 0 aliphatic rings. The summed E-state index contributed by atoms with van der Waals surface area (Å²) in [6.45, 7) is 16.4. The van der Waals surface area contributed by atoms with Gasteiger partial charge < -0.3 is 24.6 Å². The van der Waals surface area contributed by atoms with E-state index >= 15 is 0 Å². The maximum atomic E-state index is 10.8. The van der Waals surface area contributed by atoms with Crippen LogP contribution in [0.25, 0.3) is 0 Å². The zero-order valence-corrected chi connectivity index (χ0v) is 35.7. The molecule has 0 rings (SSSR count). The van der Waals surface area contributed by atoms with Crippen molar-refractivity contribution in [3.8, 4) is 0 Å². The second-order valence-corrected chi connectivity index (χ2v) is 17.0. The van der Waals surface area contributed by atoms with E-state index in [1.165, 1.54) is 127 Å². The lowest BCUT2D eigenvalue weighted by atomic mass is 10.1. The Morgan fingerprint density at radius 3 is 1.14 bits per heavy atom. The largest absolute Gasteiger partial charge is 0.389 e. The Balaban J connectivity index is 4.05. The summed E-state index contributed by atoms with van der Waals surface area (Å²) in [5, 5.41) is 21.6. The molecule has 0 fully saturated rings. The summed E-state index contributed by atoms with van der Waals surface area (Å²) in [4.78, 5) is 4.67. The summed E-state index contributed by atoms with van der Waals surface area (Å²) in [7, 11) is 0. The molecule has 0 radical (unpaired) electrons. The molecule has 0 aliphatic heterocycles. The van der Waals surface area contributed by atoms with E-state index in [9.17, 15) is 10.2 Å². The molecule has 6 nitrogen and oxygen atoms in total. The van der Waals surface area contributed by atoms with Gasteiger partial charge in [0, 0.05) is 26.3 Å². The number of nitrogens with zero attached hydrogens (tertiary/aromatic N) is 2. The van der Waals surface area contributed by atoms with Gasteiger partial charge in [-0.15, -0.1) is 0 Å². The number of hydrogen-bond acceptors (Lipinski definition) is 8. The maximum Gasteiger partial charge on any atom is 0.0900 e. The first-order valence-electron chi connectivity index (χ1n) is 21.7. The highest BCUT2D eigenvalue weighted by atomic mass is 32.2. The van der Waals surface area contributed by atoms with Crippen molar-refractivity contribution < 1.29 is 19.7 Å². The molecule has 302 valence electrons. The van der Waals surface area contributed by atoms with Crippen LogP contribution in [0.4, 0.5) is 0 Å². The minimum Gasteiger partial charge on any atom is -0.389 e. The standard InChI is InChI=1S/C42H88N2O4S2/c1-5-9-11-13-15-17-19-21-25-33-49-35-27-31-47-39-41(45)37-44(30-24-23-29-43(7-3)8-4)38-42(46)40-48-32-28-36-50-34-26-22-20-18-16-14-12-10-6-2/h41-42,45-46H,5-40H2,1-4H3. The predicted molar refractivity (Wildman–Crippen MR) is 225 cm³/mol. The van der Waals surface area contributed by atoms with Gasteiger partial charge in [-0.05, 0) is 87.7 Å². The van der Waals surface area contributed by atoms with E-state index in [1.54, 1.807) is 0 Å². The molecule has 0 amide bonds. The topological polar surface area (TPSA) is 65.4 Å². The van der Waals surface area contributed by atoms with Crippen LogP contribution in [0.2, 0.25) is 0 Å². The molecule has 2 N–H and O–H groups in total. The lowest BCUT2D eigenvalue weighted by Gasteiger charge is -2.28. The van der Waals surface area contributed by atoms with Crippen LogP contribution in [0.1, 0.15) is 169 Å². The normalized spacial score (nSPS) is 13.2. The Morgan fingerprint density at radius 2 is 0.760 bits per heavy atom. The third-order valence-electron chi connectivity index (χ3n) is 9.59. The lowest BCUT2D eigenvalue weighted by Crippen LogP contribution is -2.41. The molecule has 0 saturated heterocycles. The molecular weight excluding hydrogens is 661 g/mol. The molecule has 0 aromatic carbocycles. The average molecular weight is 749 g/mol. The van der Waals surface area contributed by atoms with Crippen molar-refractivity contribution >= 4 is 23.5 Å². The molecule has 0 bridgehead atoms. The molecule has 2 atom stereocenters. The Morgan fingerprint density at radius 1 is 0.420 bits per heavy atom. The summed E-state index contributed by atoms with van der Waals surface area (Å²) in [6, 6.07) is 0. The van der Waals surface area contributed by atoms with Gasteiger partial charge in [-0.2, -0.15) is 23.5 Å². The molecule has 0 aromatic heterocycles. The van der Waals surface area contributed by atoms with Gasteiger partial charge in [0.15, 0.2) is 0 Å². The second-order valence-electron chi connectivity index (χ2n) is 14.5. The summed E-state index contributed by atoms with van der Waals surface area (Å²) in [6.07, 6.45) is 28.2. The van der Waals surface area contributed by atoms with Crippen LogP contribution in [0, 0.1) is 0 Å². The Bertz CT molecular complexity index is 591. The van der Waals surface area contributed by atoms with Crippen LogP contribution in [0.5, 0.6) is 0 Å². The fourth-order valence-electron chi connectivity index (χ4n) is 6.37. The Labute approximate surface area is 321 Å². The van der Waals surface area contributed by atoms with Gasteiger partial charge in [0.2, 0.25) is 0 Å². The maximum absolute atomic E-state index is 10.8. The minimum atomic E-state index is -0.539. The number of thioether (sulfide) groups is 2. The van der Waals surface area contributed by atoms with Crippen molar-refractivity contribution in [3.05, 3.63) is 0 Å². The smallest absolute Gasteiger partial charge is 0.0900 e. The molecule has 0 heterocycles. The van der Waals surface area contributed by atoms with Crippen molar-refractivity contribution in [3.63, 3.8) is 0 Å². The number of hydrogen-bond donors (Lipinski definition) is 2. The average Bonchev–Trinajstić information content (AvgIpc) is 3.11. The molecular formula is C42H88N2O4S2. The summed E-state index contributed by atoms with van der Waals surface area (Å²) < 4.78 is 11.7. The predicted octanol–water partition coefficient (Wildman–Crippen LogP) is 10.5. The van der Waals surface area contributed by atoms with E-state index in [1.807, 2.05) is 23.5 Å². The summed E-state index contributed by atoms with van der Waals surface area (Å²) >= 11 is 4.09. The van der Waals surface area contributed by atoms with Crippen LogP contribution in [-0.4, -0.2) is 121 Å². The Hall–Kier alpha value is 0.460. The molecule has 50 heavy (non-hydrogen) atoms. The molecule has 0 spiro atoms. The van der Waals surface area contributed by atoms with E-state index in [2.05, 4.69) is 37.5 Å². The summed E-state index contributed by atoms with van der Waals surface area (Å²) in [5.74, 6) is 4.78. The van der Waals surface area contributed by atoms with Crippen molar-refractivity contribution in [2.45, 2.75) is 181 Å². The van der Waals surface area contributed by atoms with Crippen molar-refractivity contribution in [1.29, 1.82) is 0 Å². The van der Waals surface area contributed by atoms with E-state index in [4.69, 9.17) is 9.47 Å². The van der Waals surface area contributed by atoms with Gasteiger partial charge in [0.25, 0.3) is 0 Å². The fourth-order valence-corrected chi connectivity index (χ4v) is 8.24. The van der Waals surface area contributed by atoms with Crippen molar-refractivity contribution in [1.82, 2.24) is 9.80 Å². The van der Waals surface area contributed by atoms with Gasteiger partial charge in [0.1, 0.15) is 0 Å². The third-order valence-corrected chi connectivity index (χ3v) is 11.9. The zero-order valence-electron chi connectivity index (χ0n) is 34.0. The quantitative estimate of drug-likeness (QED) is 0.0598. The van der Waals surface area contributed by atoms with Crippen LogP contribution in [0.15, 0.2) is 0 Å². The second kappa shape index (κ2) is 42.2. The lowest BCUT2D eigenvalue weighted by molar-refractivity contribution is -0.0101. The molecule has 0 saturated carbocycles. The van der Waals surface area contributed by atoms with Gasteiger partial charge in [0.05, 0.1) is 25.4 Å². The Kier molecular flexibility index (Phi) is 42.6. The molecule has 0 aliphatic carbocycles. The van der Waals surface area contributed by atoms with E-state index in [0.717, 1.165) is 63.4 Å². The fraction of sp³-hybridized carbons (Fsp3) is 1.00. The number of aliphatic hydroxyl groups is 2. The molecule has 0 aromatic rings. The number of rotatable bonds is 43. The number of aliphatic hydroxyl groups excluding tert-OH is 2. The first kappa shape index (κ1) is 50.5. The zero-order chi connectivity index (χ0) is 36.6. The SMILES string of the molecule is CCCCCCCCCCCSCCCOCC(O)CN(CCCCN(CC)CC)CC(O)COCCCSCCCCCCCCCCC. The summed E-state index contributed by atoms with van der Waals surface area (Å²) in [5.41, 5.74) is 0. The van der Waals surface area contributed by atoms with Gasteiger partial charge in [-0.1, -0.05) is 130 Å². The number of ether oxygens (including phenoxy) is 2. The van der Waals surface area contributed by atoms with Crippen LogP contribution in [0.3, 0.4) is 0 Å². The van der Waals surface area contributed by atoms with Gasteiger partial charge in [-0.25, -0.2) is 0 Å².